The lowest BCUT2D eigenvalue weighted by Gasteiger charge is -2.21. The van der Waals surface area contributed by atoms with E-state index in [4.69, 9.17) is 23.8 Å². The summed E-state index contributed by atoms with van der Waals surface area (Å²) in [7, 11) is 0. The van der Waals surface area contributed by atoms with Crippen molar-refractivity contribution in [2.24, 2.45) is 0 Å². The molecule has 0 fully saturated rings. The van der Waals surface area contributed by atoms with Gasteiger partial charge in [-0.15, -0.1) is 0 Å². The van der Waals surface area contributed by atoms with Gasteiger partial charge < -0.3 is 8.83 Å². The van der Waals surface area contributed by atoms with Gasteiger partial charge in [0.25, 0.3) is 0 Å². The Hall–Kier alpha value is -7.63. The van der Waals surface area contributed by atoms with Gasteiger partial charge in [0.05, 0.1) is 0 Å². The molecule has 5 heteroatoms. The van der Waals surface area contributed by atoms with Gasteiger partial charge in [0.15, 0.2) is 17.5 Å². The molecule has 8 aromatic carbocycles. The quantitative estimate of drug-likeness (QED) is 0.175. The van der Waals surface area contributed by atoms with Crippen molar-refractivity contribution >= 4 is 43.9 Å². The smallest absolute Gasteiger partial charge is 0.164 e. The maximum absolute atomic E-state index is 6.55. The molecule has 59 heavy (non-hydrogen) atoms. The van der Waals surface area contributed by atoms with Crippen LogP contribution in [-0.2, 0) is 5.41 Å². The van der Waals surface area contributed by atoms with Crippen molar-refractivity contribution in [1.82, 2.24) is 15.0 Å². The van der Waals surface area contributed by atoms with Crippen LogP contribution in [0.1, 0.15) is 25.0 Å². The van der Waals surface area contributed by atoms with Gasteiger partial charge in [-0.3, -0.25) is 0 Å². The minimum absolute atomic E-state index is 0.0529. The highest BCUT2D eigenvalue weighted by atomic mass is 16.3. The fourth-order valence-electron chi connectivity index (χ4n) is 9.28. The number of aromatic nitrogens is 3. The predicted octanol–water partition coefficient (Wildman–Crippen LogP) is 14.3. The minimum Gasteiger partial charge on any atom is -0.456 e. The van der Waals surface area contributed by atoms with Crippen molar-refractivity contribution in [3.63, 3.8) is 0 Å². The van der Waals surface area contributed by atoms with Gasteiger partial charge in [0.1, 0.15) is 22.3 Å². The highest BCUT2D eigenvalue weighted by molar-refractivity contribution is 6.13. The third-order valence-corrected chi connectivity index (χ3v) is 12.2. The summed E-state index contributed by atoms with van der Waals surface area (Å²) in [5, 5.41) is 4.12. The summed E-state index contributed by atoms with van der Waals surface area (Å²) in [4.78, 5) is 15.7. The molecule has 5 nitrogen and oxygen atoms in total. The van der Waals surface area contributed by atoms with E-state index < -0.39 is 0 Å². The van der Waals surface area contributed by atoms with Gasteiger partial charge in [0, 0.05) is 43.7 Å². The van der Waals surface area contributed by atoms with Crippen LogP contribution >= 0.6 is 0 Å². The average Bonchev–Trinajstić information content (AvgIpc) is 3.94. The van der Waals surface area contributed by atoms with Gasteiger partial charge in [-0.2, -0.15) is 0 Å². The molecule has 0 unspecified atom stereocenters. The fourth-order valence-corrected chi connectivity index (χ4v) is 9.28. The van der Waals surface area contributed by atoms with Crippen molar-refractivity contribution in [3.05, 3.63) is 187 Å². The summed E-state index contributed by atoms with van der Waals surface area (Å²) in [5.74, 6) is 1.71. The number of hydrogen-bond acceptors (Lipinski definition) is 5. The molecule has 0 saturated heterocycles. The second-order valence-corrected chi connectivity index (χ2v) is 16.0. The average molecular weight is 758 g/mol. The maximum Gasteiger partial charge on any atom is 0.164 e. The second-order valence-electron chi connectivity index (χ2n) is 16.0. The van der Waals surface area contributed by atoms with E-state index in [1.54, 1.807) is 0 Å². The number of rotatable bonds is 5. The molecule has 12 rings (SSSR count). The second kappa shape index (κ2) is 12.7. The zero-order valence-corrected chi connectivity index (χ0v) is 32.4. The molecule has 1 aliphatic rings. The Morgan fingerprint density at radius 1 is 0.339 bits per heavy atom. The number of fused-ring (bicyclic) bond motifs is 9. The van der Waals surface area contributed by atoms with E-state index in [0.29, 0.717) is 17.5 Å². The van der Waals surface area contributed by atoms with Crippen molar-refractivity contribution in [1.29, 1.82) is 0 Å². The van der Waals surface area contributed by atoms with Crippen molar-refractivity contribution < 1.29 is 8.83 Å². The molecule has 3 heterocycles. The summed E-state index contributed by atoms with van der Waals surface area (Å²) < 4.78 is 12.9. The highest BCUT2D eigenvalue weighted by Crippen LogP contribution is 2.49. The number of nitrogens with zero attached hydrogens (tertiary/aromatic N) is 3. The highest BCUT2D eigenvalue weighted by Gasteiger charge is 2.35. The molecule has 11 aromatic rings. The number of para-hydroxylation sites is 1. The third kappa shape index (κ3) is 5.21. The van der Waals surface area contributed by atoms with Crippen LogP contribution < -0.4 is 0 Å². The Kier molecular flexibility index (Phi) is 7.20. The number of benzene rings is 8. The van der Waals surface area contributed by atoms with E-state index in [-0.39, 0.29) is 5.41 Å². The molecule has 0 atom stereocenters. The van der Waals surface area contributed by atoms with Crippen LogP contribution in [0.5, 0.6) is 0 Å². The summed E-state index contributed by atoms with van der Waals surface area (Å²) in [5.41, 5.74) is 15.6. The first-order valence-electron chi connectivity index (χ1n) is 20.0. The first kappa shape index (κ1) is 33.5. The Bertz CT molecular complexity index is 3480. The van der Waals surface area contributed by atoms with Crippen LogP contribution in [0.25, 0.3) is 111 Å². The van der Waals surface area contributed by atoms with E-state index >= 15 is 0 Å². The zero-order valence-electron chi connectivity index (χ0n) is 32.4. The molecule has 278 valence electrons. The van der Waals surface area contributed by atoms with E-state index in [1.807, 2.05) is 42.5 Å². The topological polar surface area (TPSA) is 65.0 Å². The molecule has 0 bridgehead atoms. The number of hydrogen-bond donors (Lipinski definition) is 0. The lowest BCUT2D eigenvalue weighted by atomic mass is 9.82. The molecule has 0 amide bonds. The largest absolute Gasteiger partial charge is 0.456 e. The Labute approximate surface area is 340 Å². The van der Waals surface area contributed by atoms with Crippen LogP contribution in [0.3, 0.4) is 0 Å². The predicted molar refractivity (Wildman–Crippen MR) is 239 cm³/mol. The van der Waals surface area contributed by atoms with Crippen molar-refractivity contribution in [2.45, 2.75) is 19.3 Å². The lowest BCUT2D eigenvalue weighted by Crippen LogP contribution is -2.14. The van der Waals surface area contributed by atoms with E-state index in [9.17, 15) is 0 Å². The van der Waals surface area contributed by atoms with Gasteiger partial charge in [0.2, 0.25) is 0 Å². The van der Waals surface area contributed by atoms with Gasteiger partial charge in [-0.1, -0.05) is 147 Å². The van der Waals surface area contributed by atoms with E-state index in [1.165, 1.54) is 22.3 Å². The molecule has 0 saturated carbocycles. The summed E-state index contributed by atoms with van der Waals surface area (Å²) in [6.45, 7) is 4.63. The normalized spacial score (nSPS) is 13.1. The summed E-state index contributed by atoms with van der Waals surface area (Å²) in [6, 6.07) is 61.3. The van der Waals surface area contributed by atoms with Gasteiger partial charge in [-0.25, -0.2) is 15.0 Å². The lowest BCUT2D eigenvalue weighted by molar-refractivity contribution is 0.660. The zero-order chi connectivity index (χ0) is 39.2. The molecule has 0 aliphatic heterocycles. The first-order valence-corrected chi connectivity index (χ1v) is 20.0. The van der Waals surface area contributed by atoms with E-state index in [0.717, 1.165) is 82.8 Å². The number of furan rings is 2. The van der Waals surface area contributed by atoms with Crippen molar-refractivity contribution in [2.75, 3.05) is 0 Å². The molecule has 3 aromatic heterocycles. The molecule has 0 radical (unpaired) electrons. The SMILES string of the molecule is CC1(C)c2ccccc2-c2cc(-c3cccc(-c4nc(-c5ccc6c(c5)oc5cccc(-c7ccccc7)c56)nc(-c5cccc6oc7ccccc7c56)n4)c3)ccc21. The first-order chi connectivity index (χ1) is 29.0. The van der Waals surface area contributed by atoms with Gasteiger partial charge >= 0.3 is 0 Å². The van der Waals surface area contributed by atoms with Crippen molar-refractivity contribution in [3.8, 4) is 67.5 Å². The maximum atomic E-state index is 6.55. The van der Waals surface area contributed by atoms with E-state index in [2.05, 4.69) is 147 Å². The molecular weight excluding hydrogens is 723 g/mol. The standard InChI is InChI=1S/C54H35N3O2/c1-54(2)43-21-8-6-17-38(43)42-30-34(26-28-44(42)54)33-15-10-16-35(29-33)51-55-52(57-53(56-51)41-20-12-24-47-50(41)39-18-7-9-22-45(39)58-47)36-25-27-40-48(31-36)59-46-23-11-19-37(49(40)46)32-13-4-3-5-14-32/h3-31H,1-2H3. The van der Waals surface area contributed by atoms with Crippen LogP contribution in [0.15, 0.2) is 185 Å². The molecular formula is C54H35N3O2. The molecule has 0 spiro atoms. The summed E-state index contributed by atoms with van der Waals surface area (Å²) in [6.07, 6.45) is 0. The van der Waals surface area contributed by atoms with Crippen LogP contribution in [0.4, 0.5) is 0 Å². The molecule has 0 N–H and O–H groups in total. The monoisotopic (exact) mass is 757 g/mol. The van der Waals surface area contributed by atoms with Crippen LogP contribution in [-0.4, -0.2) is 15.0 Å². The third-order valence-electron chi connectivity index (χ3n) is 12.2. The Morgan fingerprint density at radius 2 is 0.881 bits per heavy atom. The molecule has 1 aliphatic carbocycles. The minimum atomic E-state index is -0.0529. The Balaban J connectivity index is 1.03. The van der Waals surface area contributed by atoms with Gasteiger partial charge in [-0.05, 0) is 87.0 Å². The van der Waals surface area contributed by atoms with Crippen LogP contribution in [0.2, 0.25) is 0 Å². The summed E-state index contributed by atoms with van der Waals surface area (Å²) >= 11 is 0. The van der Waals surface area contributed by atoms with Crippen LogP contribution in [0, 0.1) is 0 Å². The fraction of sp³-hybridized carbons (Fsp3) is 0.0556. The Morgan fingerprint density at radius 3 is 1.73 bits per heavy atom.